The minimum Gasteiger partial charge on any atom is -0.232 e. The van der Waals surface area contributed by atoms with Crippen LogP contribution in [-0.4, -0.2) is 9.97 Å². The molecule has 0 unspecified atom stereocenters. The normalized spacial score (nSPS) is 11.2. The van der Waals surface area contributed by atoms with Gasteiger partial charge in [0.25, 0.3) is 0 Å². The molecule has 0 saturated carbocycles. The van der Waals surface area contributed by atoms with Crippen LogP contribution < -0.4 is 0 Å². The van der Waals surface area contributed by atoms with Crippen LogP contribution in [-0.2, 0) is 6.42 Å². The van der Waals surface area contributed by atoms with Gasteiger partial charge in [-0.3, -0.25) is 0 Å². The molecule has 2 nitrogen and oxygen atoms in total. The molecule has 106 valence electrons. The second kappa shape index (κ2) is 6.23. The molecule has 1 aromatic heterocycles. The fourth-order valence-electron chi connectivity index (χ4n) is 2.10. The van der Waals surface area contributed by atoms with E-state index in [4.69, 9.17) is 16.6 Å². The molecule has 0 spiro atoms. The van der Waals surface area contributed by atoms with E-state index >= 15 is 0 Å². The maximum Gasteiger partial charge on any atom is 0.161 e. The molecule has 0 fully saturated rings. The van der Waals surface area contributed by atoms with Crippen molar-refractivity contribution in [2.24, 2.45) is 5.92 Å². The fourth-order valence-corrected chi connectivity index (χ4v) is 2.63. The molecule has 0 aliphatic heterocycles. The SMILES string of the molecule is Cc1cccc(-c2nc(Cl)c(Br)c(CC(C)C)n2)c1C. The molecule has 2 rings (SSSR count). The average molecular weight is 354 g/mol. The van der Waals surface area contributed by atoms with Gasteiger partial charge in [0.05, 0.1) is 10.2 Å². The number of nitrogens with zero attached hydrogens (tertiary/aromatic N) is 2. The van der Waals surface area contributed by atoms with Crippen molar-refractivity contribution in [3.8, 4) is 11.4 Å². The van der Waals surface area contributed by atoms with Gasteiger partial charge in [-0.1, -0.05) is 43.6 Å². The van der Waals surface area contributed by atoms with Crippen LogP contribution in [0.2, 0.25) is 5.15 Å². The summed E-state index contributed by atoms with van der Waals surface area (Å²) in [6.07, 6.45) is 0.876. The first-order valence-corrected chi connectivity index (χ1v) is 7.85. The van der Waals surface area contributed by atoms with Crippen LogP contribution in [0.1, 0.15) is 30.7 Å². The zero-order chi connectivity index (χ0) is 14.9. The maximum absolute atomic E-state index is 6.25. The summed E-state index contributed by atoms with van der Waals surface area (Å²) in [5.74, 6) is 1.22. The lowest BCUT2D eigenvalue weighted by molar-refractivity contribution is 0.632. The molecule has 0 bridgehead atoms. The zero-order valence-corrected chi connectivity index (χ0v) is 14.5. The van der Waals surface area contributed by atoms with Crippen molar-refractivity contribution >= 4 is 27.5 Å². The Hall–Kier alpha value is -0.930. The van der Waals surface area contributed by atoms with Crippen molar-refractivity contribution in [2.45, 2.75) is 34.1 Å². The number of rotatable bonds is 3. The Morgan fingerprint density at radius 3 is 2.55 bits per heavy atom. The Kier molecular flexibility index (Phi) is 4.82. The second-order valence-electron chi connectivity index (χ2n) is 5.44. The largest absolute Gasteiger partial charge is 0.232 e. The summed E-state index contributed by atoms with van der Waals surface area (Å²) < 4.78 is 0.807. The fraction of sp³-hybridized carbons (Fsp3) is 0.375. The standard InChI is InChI=1S/C16H18BrClN2/c1-9(2)8-13-14(17)15(18)20-16(19-13)12-7-5-6-10(3)11(12)4/h5-7,9H,8H2,1-4H3. The summed E-state index contributed by atoms with van der Waals surface area (Å²) in [6.45, 7) is 8.51. The summed E-state index contributed by atoms with van der Waals surface area (Å²) in [7, 11) is 0. The van der Waals surface area contributed by atoms with Gasteiger partial charge >= 0.3 is 0 Å². The first kappa shape index (κ1) is 15.5. The van der Waals surface area contributed by atoms with Crippen LogP contribution in [0.25, 0.3) is 11.4 Å². The molecule has 1 heterocycles. The zero-order valence-electron chi connectivity index (χ0n) is 12.2. The third kappa shape index (κ3) is 3.21. The van der Waals surface area contributed by atoms with Gasteiger partial charge in [0.2, 0.25) is 0 Å². The second-order valence-corrected chi connectivity index (χ2v) is 6.60. The highest BCUT2D eigenvalue weighted by Crippen LogP contribution is 2.30. The predicted molar refractivity (Wildman–Crippen MR) is 88.2 cm³/mol. The lowest BCUT2D eigenvalue weighted by Gasteiger charge is -2.12. The summed E-state index contributed by atoms with van der Waals surface area (Å²) in [4.78, 5) is 9.12. The molecule has 2 aromatic rings. The molecule has 0 amide bonds. The highest BCUT2D eigenvalue weighted by Gasteiger charge is 2.14. The van der Waals surface area contributed by atoms with Gasteiger partial charge < -0.3 is 0 Å². The lowest BCUT2D eigenvalue weighted by Crippen LogP contribution is -2.03. The number of aromatic nitrogens is 2. The predicted octanol–water partition coefficient (Wildman–Crippen LogP) is 5.37. The van der Waals surface area contributed by atoms with E-state index in [1.165, 1.54) is 11.1 Å². The Morgan fingerprint density at radius 1 is 1.20 bits per heavy atom. The van der Waals surface area contributed by atoms with Crippen LogP contribution in [0.4, 0.5) is 0 Å². The highest BCUT2D eigenvalue weighted by molar-refractivity contribution is 9.10. The third-order valence-corrected chi connectivity index (χ3v) is 4.66. The van der Waals surface area contributed by atoms with Crippen LogP contribution in [0.5, 0.6) is 0 Å². The summed E-state index contributed by atoms with van der Waals surface area (Å²) >= 11 is 9.74. The van der Waals surface area contributed by atoms with Crippen molar-refractivity contribution < 1.29 is 0 Å². The quantitative estimate of drug-likeness (QED) is 0.693. The highest BCUT2D eigenvalue weighted by atomic mass is 79.9. The Morgan fingerprint density at radius 2 is 1.90 bits per heavy atom. The van der Waals surface area contributed by atoms with Crippen molar-refractivity contribution in [1.82, 2.24) is 9.97 Å². The number of hydrogen-bond acceptors (Lipinski definition) is 2. The average Bonchev–Trinajstić information content (AvgIpc) is 2.37. The first-order chi connectivity index (χ1) is 9.40. The summed E-state index contributed by atoms with van der Waals surface area (Å²) in [5.41, 5.74) is 4.44. The summed E-state index contributed by atoms with van der Waals surface area (Å²) in [6, 6.07) is 6.16. The third-order valence-electron chi connectivity index (χ3n) is 3.33. The Labute approximate surface area is 133 Å². The number of hydrogen-bond donors (Lipinski definition) is 0. The van der Waals surface area contributed by atoms with Crippen LogP contribution in [0.15, 0.2) is 22.7 Å². The van der Waals surface area contributed by atoms with E-state index < -0.39 is 0 Å². The lowest BCUT2D eigenvalue weighted by atomic mass is 10.0. The first-order valence-electron chi connectivity index (χ1n) is 6.68. The minimum absolute atomic E-state index is 0.478. The van der Waals surface area contributed by atoms with Gasteiger partial charge in [0.15, 0.2) is 5.82 Å². The van der Waals surface area contributed by atoms with Gasteiger partial charge in [-0.15, -0.1) is 0 Å². The summed E-state index contributed by atoms with van der Waals surface area (Å²) in [5, 5.41) is 0.478. The molecule has 0 aliphatic carbocycles. The molecule has 4 heteroatoms. The molecule has 0 N–H and O–H groups in total. The minimum atomic E-state index is 0.478. The van der Waals surface area contributed by atoms with E-state index in [1.54, 1.807) is 0 Å². The van der Waals surface area contributed by atoms with Gasteiger partial charge in [0.1, 0.15) is 5.15 Å². The van der Waals surface area contributed by atoms with Crippen molar-refractivity contribution in [1.29, 1.82) is 0 Å². The number of halogens is 2. The molecular formula is C16H18BrClN2. The molecule has 0 saturated heterocycles. The van der Waals surface area contributed by atoms with E-state index in [0.29, 0.717) is 16.9 Å². The van der Waals surface area contributed by atoms with E-state index in [1.807, 2.05) is 12.1 Å². The van der Waals surface area contributed by atoms with Gasteiger partial charge in [-0.25, -0.2) is 9.97 Å². The van der Waals surface area contributed by atoms with Crippen molar-refractivity contribution in [3.63, 3.8) is 0 Å². The van der Waals surface area contributed by atoms with Gasteiger partial charge in [-0.2, -0.15) is 0 Å². The van der Waals surface area contributed by atoms with E-state index in [2.05, 4.69) is 54.7 Å². The maximum atomic E-state index is 6.25. The Balaban J connectivity index is 2.57. The smallest absolute Gasteiger partial charge is 0.161 e. The van der Waals surface area contributed by atoms with Crippen molar-refractivity contribution in [3.05, 3.63) is 44.6 Å². The monoisotopic (exact) mass is 352 g/mol. The van der Waals surface area contributed by atoms with Crippen LogP contribution in [0, 0.1) is 19.8 Å². The molecule has 0 atom stereocenters. The van der Waals surface area contributed by atoms with Gasteiger partial charge in [-0.05, 0) is 53.2 Å². The number of aryl methyl sites for hydroxylation is 1. The van der Waals surface area contributed by atoms with E-state index in [-0.39, 0.29) is 0 Å². The molecule has 20 heavy (non-hydrogen) atoms. The molecule has 0 radical (unpaired) electrons. The topological polar surface area (TPSA) is 25.8 Å². The van der Waals surface area contributed by atoms with E-state index in [0.717, 1.165) is 22.2 Å². The Bertz CT molecular complexity index is 639. The molecule has 1 aromatic carbocycles. The molecule has 0 aliphatic rings. The number of benzene rings is 1. The van der Waals surface area contributed by atoms with Crippen molar-refractivity contribution in [2.75, 3.05) is 0 Å². The van der Waals surface area contributed by atoms with Gasteiger partial charge in [0, 0.05) is 5.56 Å². The van der Waals surface area contributed by atoms with E-state index in [9.17, 15) is 0 Å². The van der Waals surface area contributed by atoms with Crippen LogP contribution >= 0.6 is 27.5 Å². The van der Waals surface area contributed by atoms with Crippen LogP contribution in [0.3, 0.4) is 0 Å². The molecular weight excluding hydrogens is 336 g/mol.